The number of nitrogens with zero attached hydrogens (tertiary/aromatic N) is 2. The number of carbonyl (C=O) groups is 1. The van der Waals surface area contributed by atoms with Crippen LogP contribution < -0.4 is 5.32 Å². The molecule has 1 aromatic heterocycles. The normalized spacial score (nSPS) is 26.0. The van der Waals surface area contributed by atoms with Gasteiger partial charge < -0.3 is 19.4 Å². The third-order valence-corrected chi connectivity index (χ3v) is 5.44. The molecule has 2 atom stereocenters. The van der Waals surface area contributed by atoms with Crippen LogP contribution in [0.2, 0.25) is 0 Å². The second kappa shape index (κ2) is 7.01. The first-order chi connectivity index (χ1) is 11.2. The summed E-state index contributed by atoms with van der Waals surface area (Å²) in [7, 11) is 1.95. The minimum Gasteiger partial charge on any atom is -0.381 e. The number of nitrogens with one attached hydrogen (secondary N) is 1. The van der Waals surface area contributed by atoms with Crippen molar-refractivity contribution in [1.82, 2.24) is 14.9 Å². The number of rotatable bonds is 6. The van der Waals surface area contributed by atoms with Gasteiger partial charge in [-0.15, -0.1) is 0 Å². The smallest absolute Gasteiger partial charge is 0.220 e. The second-order valence-corrected chi connectivity index (χ2v) is 6.64. The van der Waals surface area contributed by atoms with E-state index in [-0.39, 0.29) is 23.5 Å². The van der Waals surface area contributed by atoms with Crippen LogP contribution in [-0.2, 0) is 27.7 Å². The lowest BCUT2D eigenvalue weighted by Gasteiger charge is -2.57. The molecule has 128 valence electrons. The molecule has 1 saturated heterocycles. The van der Waals surface area contributed by atoms with Crippen LogP contribution in [0.3, 0.4) is 0 Å². The highest BCUT2D eigenvalue weighted by molar-refractivity contribution is 5.76. The number of amides is 1. The van der Waals surface area contributed by atoms with Gasteiger partial charge in [0.1, 0.15) is 0 Å². The molecular formula is C17H27N3O3. The predicted molar refractivity (Wildman–Crippen MR) is 86.0 cm³/mol. The lowest BCUT2D eigenvalue weighted by Crippen LogP contribution is -2.66. The molecule has 1 aromatic rings. The quantitative estimate of drug-likeness (QED) is 0.861. The summed E-state index contributed by atoms with van der Waals surface area (Å²) in [4.78, 5) is 16.4. The highest BCUT2D eigenvalue weighted by atomic mass is 16.5. The van der Waals surface area contributed by atoms with Crippen molar-refractivity contribution in [2.75, 3.05) is 19.8 Å². The molecule has 23 heavy (non-hydrogen) atoms. The Morgan fingerprint density at radius 2 is 2.30 bits per heavy atom. The fourth-order valence-electron chi connectivity index (χ4n) is 3.94. The summed E-state index contributed by atoms with van der Waals surface area (Å²) in [5.41, 5.74) is 1.16. The zero-order chi connectivity index (χ0) is 16.3. The van der Waals surface area contributed by atoms with E-state index in [0.29, 0.717) is 6.42 Å². The molecular weight excluding hydrogens is 294 g/mol. The Morgan fingerprint density at radius 3 is 2.96 bits per heavy atom. The fraction of sp³-hybridized carbons (Fsp3) is 0.765. The van der Waals surface area contributed by atoms with Crippen molar-refractivity contribution in [2.45, 2.75) is 51.2 Å². The Morgan fingerprint density at radius 1 is 1.52 bits per heavy atom. The maximum atomic E-state index is 12.3. The lowest BCUT2D eigenvalue weighted by molar-refractivity contribution is -0.175. The Hall–Kier alpha value is -1.40. The number of carbonyl (C=O) groups excluding carboxylic acids is 1. The van der Waals surface area contributed by atoms with Gasteiger partial charge in [0.2, 0.25) is 5.91 Å². The summed E-state index contributed by atoms with van der Waals surface area (Å²) in [6, 6.07) is 0.224. The van der Waals surface area contributed by atoms with Crippen LogP contribution in [0.1, 0.15) is 38.3 Å². The van der Waals surface area contributed by atoms with Crippen LogP contribution in [-0.4, -0.2) is 47.4 Å². The highest BCUT2D eigenvalue weighted by Crippen LogP contribution is 2.50. The second-order valence-electron chi connectivity index (χ2n) is 6.64. The van der Waals surface area contributed by atoms with Crippen LogP contribution in [0.25, 0.3) is 0 Å². The van der Waals surface area contributed by atoms with Crippen molar-refractivity contribution < 1.29 is 14.3 Å². The summed E-state index contributed by atoms with van der Waals surface area (Å²) in [5, 5.41) is 3.24. The minimum absolute atomic E-state index is 0.0798. The largest absolute Gasteiger partial charge is 0.381 e. The van der Waals surface area contributed by atoms with Gasteiger partial charge in [-0.25, -0.2) is 4.98 Å². The molecule has 6 nitrogen and oxygen atoms in total. The number of hydrogen-bond acceptors (Lipinski definition) is 4. The van der Waals surface area contributed by atoms with Crippen molar-refractivity contribution in [3.8, 4) is 0 Å². The van der Waals surface area contributed by atoms with E-state index < -0.39 is 0 Å². The SMILES string of the molecule is CCO[C@@H]1C[C@H](NC(=O)CCc2cncn2C)C12CCOCC2. The third-order valence-electron chi connectivity index (χ3n) is 5.44. The van der Waals surface area contributed by atoms with E-state index in [0.717, 1.165) is 51.2 Å². The molecule has 0 bridgehead atoms. The number of ether oxygens (including phenoxy) is 2. The number of imidazole rings is 1. The third kappa shape index (κ3) is 3.28. The van der Waals surface area contributed by atoms with E-state index in [9.17, 15) is 4.79 Å². The summed E-state index contributed by atoms with van der Waals surface area (Å²) < 4.78 is 13.4. The van der Waals surface area contributed by atoms with Gasteiger partial charge in [-0.2, -0.15) is 0 Å². The Labute approximate surface area is 137 Å². The van der Waals surface area contributed by atoms with E-state index >= 15 is 0 Å². The minimum atomic E-state index is 0.0798. The van der Waals surface area contributed by atoms with Crippen LogP contribution in [0.5, 0.6) is 0 Å². The molecule has 0 aromatic carbocycles. The first-order valence-electron chi connectivity index (χ1n) is 8.59. The van der Waals surface area contributed by atoms with Gasteiger partial charge in [-0.1, -0.05) is 0 Å². The number of hydrogen-bond donors (Lipinski definition) is 1. The topological polar surface area (TPSA) is 65.4 Å². The Balaban J connectivity index is 1.54. The number of aromatic nitrogens is 2. The van der Waals surface area contributed by atoms with Crippen molar-refractivity contribution in [2.24, 2.45) is 12.5 Å². The molecule has 1 N–H and O–H groups in total. The molecule has 3 rings (SSSR count). The van der Waals surface area contributed by atoms with Crippen molar-refractivity contribution in [1.29, 1.82) is 0 Å². The highest BCUT2D eigenvalue weighted by Gasteiger charge is 2.56. The van der Waals surface area contributed by atoms with Gasteiger partial charge >= 0.3 is 0 Å². The van der Waals surface area contributed by atoms with Crippen LogP contribution in [0.4, 0.5) is 0 Å². The molecule has 2 fully saturated rings. The van der Waals surface area contributed by atoms with Gasteiger partial charge in [0.25, 0.3) is 0 Å². The van der Waals surface area contributed by atoms with E-state index in [2.05, 4.69) is 10.3 Å². The molecule has 6 heteroatoms. The van der Waals surface area contributed by atoms with Gasteiger partial charge in [-0.05, 0) is 32.6 Å². The maximum Gasteiger partial charge on any atom is 0.220 e. The standard InChI is InChI=1S/C17H27N3O3/c1-3-23-15-10-14(17(15)6-8-22-9-7-17)19-16(21)5-4-13-11-18-12-20(13)2/h11-12,14-15H,3-10H2,1-2H3,(H,19,21)/t14-,15+/m0/s1. The molecule has 0 unspecified atom stereocenters. The van der Waals surface area contributed by atoms with E-state index in [4.69, 9.17) is 9.47 Å². The molecule has 1 saturated carbocycles. The molecule has 2 heterocycles. The van der Waals surface area contributed by atoms with Crippen LogP contribution in [0.15, 0.2) is 12.5 Å². The van der Waals surface area contributed by atoms with Gasteiger partial charge in [0.15, 0.2) is 0 Å². The van der Waals surface area contributed by atoms with Crippen molar-refractivity contribution in [3.05, 3.63) is 18.2 Å². The van der Waals surface area contributed by atoms with Gasteiger partial charge in [-0.3, -0.25) is 4.79 Å². The van der Waals surface area contributed by atoms with Gasteiger partial charge in [0.05, 0.1) is 12.4 Å². The molecule has 0 radical (unpaired) electrons. The number of aryl methyl sites for hydroxylation is 2. The lowest BCUT2D eigenvalue weighted by atomic mass is 9.57. The van der Waals surface area contributed by atoms with Crippen LogP contribution in [0, 0.1) is 5.41 Å². The Bertz CT molecular complexity index is 537. The molecule has 1 spiro atoms. The zero-order valence-corrected chi connectivity index (χ0v) is 14.1. The molecule has 1 aliphatic carbocycles. The summed E-state index contributed by atoms with van der Waals surface area (Å²) in [5.74, 6) is 0.122. The summed E-state index contributed by atoms with van der Waals surface area (Å²) >= 11 is 0. The molecule has 1 amide bonds. The summed E-state index contributed by atoms with van der Waals surface area (Å²) in [6.45, 7) is 4.30. The van der Waals surface area contributed by atoms with Gasteiger partial charge in [0, 0.05) is 56.6 Å². The van der Waals surface area contributed by atoms with Crippen molar-refractivity contribution >= 4 is 5.91 Å². The van der Waals surface area contributed by atoms with Crippen LogP contribution >= 0.6 is 0 Å². The zero-order valence-electron chi connectivity index (χ0n) is 14.1. The molecule has 2 aliphatic rings. The predicted octanol–water partition coefficient (Wildman–Crippen LogP) is 1.44. The summed E-state index contributed by atoms with van der Waals surface area (Å²) in [6.07, 6.45) is 7.95. The average Bonchev–Trinajstić information content (AvgIpc) is 2.98. The maximum absolute atomic E-state index is 12.3. The Kier molecular flexibility index (Phi) is 5.02. The monoisotopic (exact) mass is 321 g/mol. The average molecular weight is 321 g/mol. The van der Waals surface area contributed by atoms with Crippen molar-refractivity contribution in [3.63, 3.8) is 0 Å². The van der Waals surface area contributed by atoms with E-state index in [1.807, 2.05) is 24.7 Å². The molecule has 1 aliphatic heterocycles. The fourth-order valence-corrected chi connectivity index (χ4v) is 3.94. The van der Waals surface area contributed by atoms with E-state index in [1.165, 1.54) is 0 Å². The first-order valence-corrected chi connectivity index (χ1v) is 8.59. The first kappa shape index (κ1) is 16.5. The van der Waals surface area contributed by atoms with E-state index in [1.54, 1.807) is 6.33 Å².